The molecule has 0 saturated carbocycles. The lowest BCUT2D eigenvalue weighted by Crippen LogP contribution is -2.32. The maximum absolute atomic E-state index is 13.2. The Hall–Kier alpha value is -3.14. The molecule has 1 saturated heterocycles. The minimum atomic E-state index is -0.595. The lowest BCUT2D eigenvalue weighted by molar-refractivity contribution is -0.384. The van der Waals surface area contributed by atoms with Gasteiger partial charge in [0.15, 0.2) is 5.43 Å². The summed E-state index contributed by atoms with van der Waals surface area (Å²) in [6, 6.07) is 6.99. The number of likely N-dealkylation sites (N-methyl/N-ethyl adjacent to an activating group) is 1. The van der Waals surface area contributed by atoms with E-state index < -0.39 is 4.92 Å². The Morgan fingerprint density at radius 1 is 1.27 bits per heavy atom. The molecule has 1 aliphatic heterocycles. The van der Waals surface area contributed by atoms with Gasteiger partial charge in [-0.25, -0.2) is 0 Å². The molecule has 4 rings (SSSR count). The number of methoxy groups -OCH3 is 2. The predicted octanol–water partition coefficient (Wildman–Crippen LogP) is 3.82. The smallest absolute Gasteiger partial charge is 0.288 e. The zero-order valence-corrected chi connectivity index (χ0v) is 19.1. The first-order valence-corrected chi connectivity index (χ1v) is 10.7. The number of likely N-dealkylation sites (tertiary alicyclic amines) is 1. The van der Waals surface area contributed by atoms with Gasteiger partial charge >= 0.3 is 0 Å². The summed E-state index contributed by atoms with van der Waals surface area (Å²) in [6.07, 6.45) is 0.713. The molecule has 2 aromatic carbocycles. The first-order chi connectivity index (χ1) is 15.8. The van der Waals surface area contributed by atoms with Gasteiger partial charge in [0, 0.05) is 41.3 Å². The molecular weight excluding hydrogens is 452 g/mol. The van der Waals surface area contributed by atoms with Gasteiger partial charge in [0.05, 0.1) is 25.7 Å². The number of aliphatic hydroxyl groups excluding tert-OH is 1. The minimum absolute atomic E-state index is 0.0848. The van der Waals surface area contributed by atoms with E-state index in [1.54, 1.807) is 12.1 Å². The van der Waals surface area contributed by atoms with Gasteiger partial charge in [-0.05, 0) is 26.1 Å². The summed E-state index contributed by atoms with van der Waals surface area (Å²) in [4.78, 5) is 26.0. The topological polar surface area (TPSA) is 115 Å². The summed E-state index contributed by atoms with van der Waals surface area (Å²) in [7, 11) is 4.87. The fourth-order valence-corrected chi connectivity index (χ4v) is 4.86. The number of benzene rings is 2. The largest absolute Gasteiger partial charge is 0.496 e. The number of aliphatic hydroxyl groups is 1. The molecule has 1 N–H and O–H groups in total. The second-order valence-electron chi connectivity index (χ2n) is 7.90. The SMILES string of the molecule is COc1cc(OC)c2c(=O)cc(-c3cccc([N+](=O)[O-])c3Cl)oc2c1C1CCN(C)C1CO. The highest BCUT2D eigenvalue weighted by atomic mass is 35.5. The van der Waals surface area contributed by atoms with Crippen LogP contribution in [0.1, 0.15) is 17.9 Å². The van der Waals surface area contributed by atoms with Crippen molar-refractivity contribution in [1.82, 2.24) is 4.90 Å². The van der Waals surface area contributed by atoms with Crippen molar-refractivity contribution in [2.75, 3.05) is 34.4 Å². The lowest BCUT2D eigenvalue weighted by Gasteiger charge is -2.25. The molecule has 0 spiro atoms. The Balaban J connectivity index is 2.06. The predicted molar refractivity (Wildman–Crippen MR) is 124 cm³/mol. The molecule has 2 atom stereocenters. The minimum Gasteiger partial charge on any atom is -0.496 e. The summed E-state index contributed by atoms with van der Waals surface area (Å²) < 4.78 is 17.3. The molecule has 0 radical (unpaired) electrons. The average molecular weight is 475 g/mol. The van der Waals surface area contributed by atoms with Gasteiger partial charge in [-0.3, -0.25) is 14.9 Å². The number of nitro benzene ring substituents is 1. The van der Waals surface area contributed by atoms with Crippen molar-refractivity contribution in [3.63, 3.8) is 0 Å². The number of hydrogen-bond donors (Lipinski definition) is 1. The molecule has 174 valence electrons. The summed E-state index contributed by atoms with van der Waals surface area (Å²) in [5.41, 5.74) is 0.423. The normalized spacial score (nSPS) is 18.6. The number of hydrogen-bond acceptors (Lipinski definition) is 8. The third-order valence-corrected chi connectivity index (χ3v) is 6.63. The van der Waals surface area contributed by atoms with Crippen LogP contribution in [0, 0.1) is 10.1 Å². The first kappa shape index (κ1) is 23.0. The zero-order valence-electron chi connectivity index (χ0n) is 18.3. The molecule has 1 fully saturated rings. The van der Waals surface area contributed by atoms with Crippen LogP contribution < -0.4 is 14.9 Å². The Kier molecular flexibility index (Phi) is 6.29. The molecule has 2 heterocycles. The van der Waals surface area contributed by atoms with Crippen LogP contribution in [-0.4, -0.2) is 55.4 Å². The van der Waals surface area contributed by atoms with Gasteiger partial charge in [0.1, 0.15) is 33.3 Å². The molecule has 9 nitrogen and oxygen atoms in total. The van der Waals surface area contributed by atoms with Crippen LogP contribution in [0.15, 0.2) is 39.5 Å². The zero-order chi connectivity index (χ0) is 23.9. The van der Waals surface area contributed by atoms with E-state index in [9.17, 15) is 20.0 Å². The van der Waals surface area contributed by atoms with Gasteiger partial charge in [0.2, 0.25) is 0 Å². The Labute approximate surface area is 194 Å². The highest BCUT2D eigenvalue weighted by molar-refractivity contribution is 6.35. The Bertz CT molecular complexity index is 1290. The monoisotopic (exact) mass is 474 g/mol. The third kappa shape index (κ3) is 3.82. The summed E-state index contributed by atoms with van der Waals surface area (Å²) in [5, 5.41) is 21.5. The van der Waals surface area contributed by atoms with Crippen LogP contribution in [0.4, 0.5) is 5.69 Å². The summed E-state index contributed by atoms with van der Waals surface area (Å²) in [6.45, 7) is 0.658. The first-order valence-electron chi connectivity index (χ1n) is 10.3. The average Bonchev–Trinajstić information content (AvgIpc) is 3.17. The van der Waals surface area contributed by atoms with E-state index in [1.807, 2.05) is 11.9 Å². The third-order valence-electron chi connectivity index (χ3n) is 6.23. The number of halogens is 1. The van der Waals surface area contributed by atoms with Crippen LogP contribution in [0.25, 0.3) is 22.3 Å². The standard InChI is InChI=1S/C23H23ClN2O7/c1-25-8-7-12(15(25)11-27)20-18(31-2)10-19(32-3)21-16(28)9-17(33-23(20)21)13-5-4-6-14(22(13)24)26(29)30/h4-6,9-10,12,15,27H,7-8,11H2,1-3H3. The molecule has 0 aliphatic carbocycles. The second kappa shape index (κ2) is 9.01. The van der Waals surface area contributed by atoms with Crippen LogP contribution in [0.3, 0.4) is 0 Å². The van der Waals surface area contributed by atoms with Crippen molar-refractivity contribution >= 4 is 28.3 Å². The molecule has 0 bridgehead atoms. The second-order valence-corrected chi connectivity index (χ2v) is 8.27. The van der Waals surface area contributed by atoms with Gasteiger partial charge in [-0.2, -0.15) is 0 Å². The molecule has 0 amide bonds. The fraction of sp³-hybridized carbons (Fsp3) is 0.348. The van der Waals surface area contributed by atoms with Crippen molar-refractivity contribution < 1.29 is 23.9 Å². The summed E-state index contributed by atoms with van der Waals surface area (Å²) in [5.74, 6) is 0.651. The molecule has 2 unspecified atom stereocenters. The van der Waals surface area contributed by atoms with E-state index >= 15 is 0 Å². The number of fused-ring (bicyclic) bond motifs is 1. The maximum Gasteiger partial charge on any atom is 0.288 e. The van der Waals surface area contributed by atoms with Crippen LogP contribution >= 0.6 is 11.6 Å². The van der Waals surface area contributed by atoms with E-state index in [1.165, 1.54) is 32.4 Å². The van der Waals surface area contributed by atoms with Gasteiger partial charge in [-0.15, -0.1) is 0 Å². The van der Waals surface area contributed by atoms with Gasteiger partial charge in [-0.1, -0.05) is 17.7 Å². The highest BCUT2D eigenvalue weighted by Gasteiger charge is 2.37. The molecule has 1 aliphatic rings. The quantitative estimate of drug-likeness (QED) is 0.423. The van der Waals surface area contributed by atoms with E-state index in [2.05, 4.69) is 0 Å². The van der Waals surface area contributed by atoms with Crippen molar-refractivity contribution in [2.24, 2.45) is 0 Å². The van der Waals surface area contributed by atoms with E-state index in [-0.39, 0.29) is 62.7 Å². The van der Waals surface area contributed by atoms with Crippen LogP contribution in [0.5, 0.6) is 11.5 Å². The van der Waals surface area contributed by atoms with E-state index in [0.29, 0.717) is 17.7 Å². The molecular formula is C23H23ClN2O7. The van der Waals surface area contributed by atoms with Crippen LogP contribution in [0.2, 0.25) is 5.02 Å². The van der Waals surface area contributed by atoms with Gasteiger partial charge < -0.3 is 23.9 Å². The Morgan fingerprint density at radius 2 is 2.00 bits per heavy atom. The number of nitrogens with zero attached hydrogens (tertiary/aromatic N) is 2. The van der Waals surface area contributed by atoms with Gasteiger partial charge in [0.25, 0.3) is 5.69 Å². The molecule has 10 heteroatoms. The van der Waals surface area contributed by atoms with Crippen LogP contribution in [-0.2, 0) is 0 Å². The molecule has 1 aromatic heterocycles. The lowest BCUT2D eigenvalue weighted by atomic mass is 9.89. The number of nitro groups is 1. The van der Waals surface area contributed by atoms with E-state index in [4.69, 9.17) is 25.5 Å². The fourth-order valence-electron chi connectivity index (χ4n) is 4.57. The highest BCUT2D eigenvalue weighted by Crippen LogP contribution is 2.45. The Morgan fingerprint density at radius 3 is 2.64 bits per heavy atom. The van der Waals surface area contributed by atoms with Crippen molar-refractivity contribution in [2.45, 2.75) is 18.4 Å². The number of ether oxygens (including phenoxy) is 2. The number of rotatable bonds is 6. The van der Waals surface area contributed by atoms with E-state index in [0.717, 1.165) is 6.54 Å². The maximum atomic E-state index is 13.2. The van der Waals surface area contributed by atoms with Crippen molar-refractivity contribution in [1.29, 1.82) is 0 Å². The molecule has 3 aromatic rings. The molecule has 33 heavy (non-hydrogen) atoms. The summed E-state index contributed by atoms with van der Waals surface area (Å²) >= 11 is 6.30. The van der Waals surface area contributed by atoms with Crippen molar-refractivity contribution in [3.8, 4) is 22.8 Å². The van der Waals surface area contributed by atoms with Crippen molar-refractivity contribution in [3.05, 3.63) is 61.3 Å².